The van der Waals surface area contributed by atoms with Crippen molar-refractivity contribution >= 4 is 15.9 Å². The number of benzene rings is 1. The van der Waals surface area contributed by atoms with E-state index in [4.69, 9.17) is 0 Å². The second kappa shape index (κ2) is 2.26. The molecule has 1 aromatic carbocycles. The highest BCUT2D eigenvalue weighted by atomic mass is 79.9. The maximum absolute atomic E-state index is 12.8. The van der Waals surface area contributed by atoms with Crippen LogP contribution in [-0.2, 0) is 11.8 Å². The first-order chi connectivity index (χ1) is 5.89. The number of rotatable bonds is 0. The molecule has 0 nitrogen and oxygen atoms in total. The number of halogens is 5. The Morgan fingerprint density at radius 2 is 1.62 bits per heavy atom. The van der Waals surface area contributed by atoms with Crippen LogP contribution in [0.15, 0.2) is 22.7 Å². The van der Waals surface area contributed by atoms with Crippen LogP contribution < -0.4 is 0 Å². The molecule has 0 amide bonds. The summed E-state index contributed by atoms with van der Waals surface area (Å²) in [5, 5.41) is 0. The Morgan fingerprint density at radius 1 is 1.00 bits per heavy atom. The SMILES string of the molecule is FC1(F)c2cccc(Br)c2C1(F)F. The first kappa shape index (κ1) is 8.99. The second-order valence-corrected chi connectivity index (χ2v) is 3.67. The summed E-state index contributed by atoms with van der Waals surface area (Å²) in [5.41, 5.74) is -1.19. The lowest BCUT2D eigenvalue weighted by molar-refractivity contribution is -0.254. The van der Waals surface area contributed by atoms with Crippen LogP contribution in [0.5, 0.6) is 0 Å². The van der Waals surface area contributed by atoms with Crippen molar-refractivity contribution in [2.45, 2.75) is 11.8 Å². The Kier molecular flexibility index (Phi) is 1.56. The molecule has 1 aliphatic rings. The Labute approximate surface area is 79.7 Å². The number of fused-ring (bicyclic) bond motifs is 1. The number of alkyl halides is 4. The van der Waals surface area contributed by atoms with Crippen molar-refractivity contribution in [3.63, 3.8) is 0 Å². The molecule has 2 rings (SSSR count). The third-order valence-electron chi connectivity index (χ3n) is 2.06. The van der Waals surface area contributed by atoms with Gasteiger partial charge in [-0.15, -0.1) is 0 Å². The minimum absolute atomic E-state index is 0.0286. The summed E-state index contributed by atoms with van der Waals surface area (Å²) in [6, 6.07) is 3.64. The molecule has 0 aliphatic heterocycles. The fourth-order valence-electron chi connectivity index (χ4n) is 1.37. The zero-order valence-electron chi connectivity index (χ0n) is 6.12. The fraction of sp³-hybridized carbons (Fsp3) is 0.250. The van der Waals surface area contributed by atoms with E-state index in [0.717, 1.165) is 6.07 Å². The van der Waals surface area contributed by atoms with E-state index in [1.54, 1.807) is 0 Å². The Balaban J connectivity index is 2.70. The third kappa shape index (κ3) is 0.855. The summed E-state index contributed by atoms with van der Waals surface area (Å²) in [6.07, 6.45) is 0. The normalized spacial score (nSPS) is 21.9. The maximum atomic E-state index is 12.8. The first-order valence-corrected chi connectivity index (χ1v) is 4.23. The summed E-state index contributed by atoms with van der Waals surface area (Å²) < 4.78 is 51.0. The van der Waals surface area contributed by atoms with Crippen LogP contribution in [-0.4, -0.2) is 0 Å². The van der Waals surface area contributed by atoms with Crippen molar-refractivity contribution in [3.05, 3.63) is 33.8 Å². The van der Waals surface area contributed by atoms with E-state index in [-0.39, 0.29) is 4.47 Å². The van der Waals surface area contributed by atoms with E-state index in [1.165, 1.54) is 12.1 Å². The zero-order chi connectivity index (χ0) is 9.85. The Hall–Kier alpha value is -0.580. The van der Waals surface area contributed by atoms with E-state index >= 15 is 0 Å². The minimum atomic E-state index is -4.04. The van der Waals surface area contributed by atoms with Gasteiger partial charge < -0.3 is 0 Å². The number of hydrogen-bond donors (Lipinski definition) is 0. The molecule has 13 heavy (non-hydrogen) atoms. The molecule has 70 valence electrons. The van der Waals surface area contributed by atoms with Gasteiger partial charge in [0.2, 0.25) is 0 Å². The summed E-state index contributed by atoms with van der Waals surface area (Å²) in [5.74, 6) is -8.06. The molecule has 0 saturated carbocycles. The highest BCUT2D eigenvalue weighted by Crippen LogP contribution is 2.62. The minimum Gasteiger partial charge on any atom is -0.194 e. The van der Waals surface area contributed by atoms with Gasteiger partial charge in [0.1, 0.15) is 0 Å². The molecule has 1 aromatic rings. The molecule has 0 N–H and O–H groups in total. The molecule has 0 saturated heterocycles. The van der Waals surface area contributed by atoms with Gasteiger partial charge in [-0.2, -0.15) is 17.6 Å². The summed E-state index contributed by atoms with van der Waals surface area (Å²) in [6.45, 7) is 0. The van der Waals surface area contributed by atoms with E-state index in [2.05, 4.69) is 15.9 Å². The zero-order valence-corrected chi connectivity index (χ0v) is 7.71. The van der Waals surface area contributed by atoms with Crippen molar-refractivity contribution in [3.8, 4) is 0 Å². The summed E-state index contributed by atoms with van der Waals surface area (Å²) >= 11 is 2.81. The molecule has 0 unspecified atom stereocenters. The van der Waals surface area contributed by atoms with E-state index in [9.17, 15) is 17.6 Å². The van der Waals surface area contributed by atoms with Crippen molar-refractivity contribution in [2.24, 2.45) is 0 Å². The molecule has 0 atom stereocenters. The lowest BCUT2D eigenvalue weighted by Gasteiger charge is -2.39. The highest BCUT2D eigenvalue weighted by Gasteiger charge is 2.70. The predicted molar refractivity (Wildman–Crippen MR) is 41.9 cm³/mol. The van der Waals surface area contributed by atoms with Gasteiger partial charge in [-0.3, -0.25) is 0 Å². The average Bonchev–Trinajstić information content (AvgIpc) is 2.03. The van der Waals surface area contributed by atoms with Crippen molar-refractivity contribution in [1.29, 1.82) is 0 Å². The van der Waals surface area contributed by atoms with Crippen LogP contribution in [0.1, 0.15) is 11.1 Å². The van der Waals surface area contributed by atoms with Gasteiger partial charge in [0.05, 0.1) is 5.56 Å². The smallest absolute Gasteiger partial charge is 0.194 e. The molecule has 0 bridgehead atoms. The van der Waals surface area contributed by atoms with Crippen molar-refractivity contribution in [2.75, 3.05) is 0 Å². The highest BCUT2D eigenvalue weighted by molar-refractivity contribution is 9.10. The van der Waals surface area contributed by atoms with Gasteiger partial charge >= 0.3 is 11.8 Å². The monoisotopic (exact) mass is 254 g/mol. The van der Waals surface area contributed by atoms with Gasteiger partial charge in [0.15, 0.2) is 0 Å². The van der Waals surface area contributed by atoms with Crippen LogP contribution in [0.4, 0.5) is 17.6 Å². The molecule has 1 aliphatic carbocycles. The van der Waals surface area contributed by atoms with Crippen LogP contribution in [0.25, 0.3) is 0 Å². The molecule has 0 spiro atoms. The van der Waals surface area contributed by atoms with E-state index < -0.39 is 23.0 Å². The van der Waals surface area contributed by atoms with Gasteiger partial charge in [-0.1, -0.05) is 28.1 Å². The van der Waals surface area contributed by atoms with Gasteiger partial charge in [0, 0.05) is 10.0 Å². The Bertz CT molecular complexity index is 372. The largest absolute Gasteiger partial charge is 0.341 e. The van der Waals surface area contributed by atoms with Crippen molar-refractivity contribution in [1.82, 2.24) is 0 Å². The van der Waals surface area contributed by atoms with Crippen LogP contribution in [0, 0.1) is 0 Å². The van der Waals surface area contributed by atoms with Crippen LogP contribution in [0.3, 0.4) is 0 Å². The van der Waals surface area contributed by atoms with Crippen LogP contribution in [0.2, 0.25) is 0 Å². The topological polar surface area (TPSA) is 0 Å². The molecule has 0 radical (unpaired) electrons. The predicted octanol–water partition coefficient (Wildman–Crippen LogP) is 3.65. The maximum Gasteiger partial charge on any atom is 0.341 e. The first-order valence-electron chi connectivity index (χ1n) is 3.44. The molecular weight excluding hydrogens is 252 g/mol. The van der Waals surface area contributed by atoms with Gasteiger partial charge in [0.25, 0.3) is 0 Å². The number of hydrogen-bond acceptors (Lipinski definition) is 0. The fourth-order valence-corrected chi connectivity index (χ4v) is 1.98. The third-order valence-corrected chi connectivity index (χ3v) is 2.72. The van der Waals surface area contributed by atoms with Gasteiger partial charge in [-0.05, 0) is 6.07 Å². The standard InChI is InChI=1S/C8H3BrF4/c9-5-3-1-2-4-6(5)8(12,13)7(4,10)11/h1-3H. The van der Waals surface area contributed by atoms with Crippen LogP contribution >= 0.6 is 15.9 Å². The molecule has 0 fully saturated rings. The second-order valence-electron chi connectivity index (χ2n) is 2.81. The lowest BCUT2D eigenvalue weighted by atomic mass is 9.80. The average molecular weight is 255 g/mol. The molecule has 0 aromatic heterocycles. The molecule has 0 heterocycles. The van der Waals surface area contributed by atoms with Crippen molar-refractivity contribution < 1.29 is 17.6 Å². The quantitative estimate of drug-likeness (QED) is 0.621. The van der Waals surface area contributed by atoms with Gasteiger partial charge in [-0.25, -0.2) is 0 Å². The Morgan fingerprint density at radius 3 is 2.15 bits per heavy atom. The lowest BCUT2D eigenvalue weighted by Crippen LogP contribution is -2.47. The molecule has 5 heteroatoms. The summed E-state index contributed by atoms with van der Waals surface area (Å²) in [4.78, 5) is 0. The summed E-state index contributed by atoms with van der Waals surface area (Å²) in [7, 11) is 0. The van der Waals surface area contributed by atoms with E-state index in [1.807, 2.05) is 0 Å². The van der Waals surface area contributed by atoms with E-state index in [0.29, 0.717) is 0 Å². The molecular formula is C8H3BrF4.